The van der Waals surface area contributed by atoms with Crippen molar-refractivity contribution in [3.05, 3.63) is 53.3 Å². The lowest BCUT2D eigenvalue weighted by atomic mass is 10.1. The Morgan fingerprint density at radius 1 is 1.19 bits per heavy atom. The van der Waals surface area contributed by atoms with Crippen LogP contribution in [0.3, 0.4) is 0 Å². The van der Waals surface area contributed by atoms with Crippen LogP contribution in [0.5, 0.6) is 0 Å². The zero-order valence-corrected chi connectivity index (χ0v) is 11.6. The van der Waals surface area contributed by atoms with Crippen molar-refractivity contribution in [2.75, 3.05) is 0 Å². The van der Waals surface area contributed by atoms with Gasteiger partial charge in [0.05, 0.1) is 0 Å². The minimum Gasteiger partial charge on any atom is -0.262 e. The first kappa shape index (κ1) is 15.2. The molecule has 0 saturated heterocycles. The highest BCUT2D eigenvalue weighted by atomic mass is 19.4. The van der Waals surface area contributed by atoms with Crippen molar-refractivity contribution >= 4 is 0 Å². The zero-order valence-electron chi connectivity index (χ0n) is 11.6. The largest absolute Gasteiger partial charge is 0.433 e. The Labute approximate surface area is 121 Å². The molecule has 0 aliphatic carbocycles. The van der Waals surface area contributed by atoms with E-state index >= 15 is 0 Å². The number of aryl methyl sites for hydroxylation is 2. The molecule has 2 rings (SSSR count). The van der Waals surface area contributed by atoms with E-state index in [1.54, 1.807) is 0 Å². The first-order valence-corrected chi connectivity index (χ1v) is 6.61. The lowest BCUT2D eigenvalue weighted by molar-refractivity contribution is -0.143. The van der Waals surface area contributed by atoms with Crippen LogP contribution in [0, 0.1) is 11.8 Å². The standard InChI is InChI=1S/C16H15F3N2/c1-21-15(16(17,18)19)12-14(20-21)11-7-3-6-10-13-8-4-2-5-9-13/h2,4-5,8-9,12H,3,6,10H2,1H3. The van der Waals surface area contributed by atoms with Gasteiger partial charge in [-0.3, -0.25) is 4.68 Å². The summed E-state index contributed by atoms with van der Waals surface area (Å²) >= 11 is 0. The number of unbranched alkanes of at least 4 members (excludes halogenated alkanes) is 1. The number of benzene rings is 1. The smallest absolute Gasteiger partial charge is 0.262 e. The Balaban J connectivity index is 1.89. The lowest BCUT2D eigenvalue weighted by Gasteiger charge is -2.04. The van der Waals surface area contributed by atoms with Crippen molar-refractivity contribution in [2.24, 2.45) is 7.05 Å². The van der Waals surface area contributed by atoms with E-state index in [-0.39, 0.29) is 5.69 Å². The van der Waals surface area contributed by atoms with E-state index in [2.05, 4.69) is 16.9 Å². The average Bonchev–Trinajstić information content (AvgIpc) is 2.81. The maximum atomic E-state index is 12.6. The molecule has 2 nitrogen and oxygen atoms in total. The van der Waals surface area contributed by atoms with Crippen molar-refractivity contribution in [2.45, 2.75) is 25.4 Å². The zero-order chi connectivity index (χ0) is 15.3. The van der Waals surface area contributed by atoms with Crippen molar-refractivity contribution in [3.8, 4) is 11.8 Å². The van der Waals surface area contributed by atoms with Crippen molar-refractivity contribution in [3.63, 3.8) is 0 Å². The minimum absolute atomic E-state index is 0.157. The lowest BCUT2D eigenvalue weighted by Crippen LogP contribution is -2.11. The van der Waals surface area contributed by atoms with E-state index in [9.17, 15) is 13.2 Å². The Morgan fingerprint density at radius 3 is 2.52 bits per heavy atom. The van der Waals surface area contributed by atoms with E-state index < -0.39 is 11.9 Å². The molecule has 1 aromatic heterocycles. The van der Waals surface area contributed by atoms with Gasteiger partial charge in [0.15, 0.2) is 0 Å². The highest BCUT2D eigenvalue weighted by Gasteiger charge is 2.34. The summed E-state index contributed by atoms with van der Waals surface area (Å²) in [4.78, 5) is 0. The van der Waals surface area contributed by atoms with Crippen LogP contribution in [0.1, 0.15) is 29.8 Å². The monoisotopic (exact) mass is 292 g/mol. The van der Waals surface area contributed by atoms with Crippen LogP contribution < -0.4 is 0 Å². The molecule has 0 aliphatic rings. The fraction of sp³-hybridized carbons (Fsp3) is 0.312. The van der Waals surface area contributed by atoms with Gasteiger partial charge in [-0.25, -0.2) is 0 Å². The van der Waals surface area contributed by atoms with Gasteiger partial charge in [0.25, 0.3) is 0 Å². The van der Waals surface area contributed by atoms with Gasteiger partial charge in [-0.05, 0) is 24.3 Å². The summed E-state index contributed by atoms with van der Waals surface area (Å²) in [6.07, 6.45) is -1.98. The van der Waals surface area contributed by atoms with Gasteiger partial charge in [-0.1, -0.05) is 36.3 Å². The number of nitrogens with zero attached hydrogens (tertiary/aromatic N) is 2. The first-order valence-electron chi connectivity index (χ1n) is 6.61. The fourth-order valence-corrected chi connectivity index (χ4v) is 1.97. The Kier molecular flexibility index (Phi) is 4.69. The Hall–Kier alpha value is -2.22. The molecule has 2 aromatic rings. The predicted molar refractivity (Wildman–Crippen MR) is 74.5 cm³/mol. The van der Waals surface area contributed by atoms with Gasteiger partial charge in [-0.2, -0.15) is 18.3 Å². The topological polar surface area (TPSA) is 17.8 Å². The fourth-order valence-electron chi connectivity index (χ4n) is 1.97. The Bertz CT molecular complexity index is 646. The molecule has 5 heteroatoms. The number of alkyl halides is 3. The molecule has 0 radical (unpaired) electrons. The molecule has 0 amide bonds. The van der Waals surface area contributed by atoms with E-state index in [1.165, 1.54) is 12.6 Å². The SMILES string of the molecule is Cn1nc(C#CCCCc2ccccc2)cc1C(F)(F)F. The van der Waals surface area contributed by atoms with E-state index in [1.807, 2.05) is 30.3 Å². The number of rotatable bonds is 3. The molecule has 0 spiro atoms. The van der Waals surface area contributed by atoms with E-state index in [0.717, 1.165) is 23.6 Å². The number of hydrogen-bond donors (Lipinski definition) is 0. The number of aromatic nitrogens is 2. The maximum Gasteiger partial charge on any atom is 0.433 e. The van der Waals surface area contributed by atoms with Crippen molar-refractivity contribution < 1.29 is 13.2 Å². The van der Waals surface area contributed by atoms with Crippen LogP contribution >= 0.6 is 0 Å². The van der Waals surface area contributed by atoms with Crippen LogP contribution in [-0.4, -0.2) is 9.78 Å². The molecule has 0 unspecified atom stereocenters. The molecule has 0 saturated carbocycles. The molecule has 1 aromatic carbocycles. The molecule has 0 N–H and O–H groups in total. The van der Waals surface area contributed by atoms with Gasteiger partial charge in [0, 0.05) is 19.5 Å². The maximum absolute atomic E-state index is 12.6. The summed E-state index contributed by atoms with van der Waals surface area (Å²) in [7, 11) is 1.27. The second kappa shape index (κ2) is 6.49. The summed E-state index contributed by atoms with van der Waals surface area (Å²) in [5, 5.41) is 3.76. The van der Waals surface area contributed by atoms with Gasteiger partial charge in [-0.15, -0.1) is 0 Å². The minimum atomic E-state index is -4.39. The van der Waals surface area contributed by atoms with Crippen LogP contribution in [0.15, 0.2) is 36.4 Å². The third-order valence-corrected chi connectivity index (χ3v) is 3.00. The van der Waals surface area contributed by atoms with Crippen LogP contribution in [0.2, 0.25) is 0 Å². The van der Waals surface area contributed by atoms with Gasteiger partial charge in [0.1, 0.15) is 11.4 Å². The van der Waals surface area contributed by atoms with Crippen molar-refractivity contribution in [1.29, 1.82) is 0 Å². The number of halogens is 3. The van der Waals surface area contributed by atoms with E-state index in [4.69, 9.17) is 0 Å². The quantitative estimate of drug-likeness (QED) is 0.621. The molecule has 21 heavy (non-hydrogen) atoms. The third kappa shape index (κ3) is 4.38. The second-order valence-electron chi connectivity index (χ2n) is 4.68. The Morgan fingerprint density at radius 2 is 1.90 bits per heavy atom. The third-order valence-electron chi connectivity index (χ3n) is 3.00. The molecule has 0 aliphatic heterocycles. The summed E-state index contributed by atoms with van der Waals surface area (Å²) in [5.41, 5.74) is 0.608. The second-order valence-corrected chi connectivity index (χ2v) is 4.68. The van der Waals surface area contributed by atoms with Crippen LogP contribution in [-0.2, 0) is 19.6 Å². The molecule has 1 heterocycles. The van der Waals surface area contributed by atoms with Crippen LogP contribution in [0.25, 0.3) is 0 Å². The normalized spacial score (nSPS) is 11.0. The molecule has 0 atom stereocenters. The first-order chi connectivity index (χ1) is 9.97. The molecule has 0 bridgehead atoms. The molecular weight excluding hydrogens is 277 g/mol. The van der Waals surface area contributed by atoms with Gasteiger partial charge >= 0.3 is 6.18 Å². The molecule has 110 valence electrons. The summed E-state index contributed by atoms with van der Waals surface area (Å²) < 4.78 is 38.6. The summed E-state index contributed by atoms with van der Waals surface area (Å²) in [5.74, 6) is 5.55. The number of hydrogen-bond acceptors (Lipinski definition) is 1. The molecular formula is C16H15F3N2. The highest BCUT2D eigenvalue weighted by Crippen LogP contribution is 2.28. The summed E-state index contributed by atoms with van der Waals surface area (Å²) in [6.45, 7) is 0. The van der Waals surface area contributed by atoms with Crippen LogP contribution in [0.4, 0.5) is 13.2 Å². The van der Waals surface area contributed by atoms with Crippen molar-refractivity contribution in [1.82, 2.24) is 9.78 Å². The van der Waals surface area contributed by atoms with E-state index in [0.29, 0.717) is 6.42 Å². The summed E-state index contributed by atoms with van der Waals surface area (Å²) in [6, 6.07) is 11.0. The highest BCUT2D eigenvalue weighted by molar-refractivity contribution is 5.30. The van der Waals surface area contributed by atoms with Gasteiger partial charge < -0.3 is 0 Å². The predicted octanol–water partition coefficient (Wildman–Crippen LogP) is 3.81. The molecule has 0 fully saturated rings. The van der Waals surface area contributed by atoms with Gasteiger partial charge in [0.2, 0.25) is 0 Å². The average molecular weight is 292 g/mol.